The van der Waals surface area contributed by atoms with Gasteiger partial charge in [-0.05, 0) is 45.0 Å². The van der Waals surface area contributed by atoms with Crippen molar-refractivity contribution in [1.29, 1.82) is 0 Å². The molecule has 0 saturated heterocycles. The first-order valence-electron chi connectivity index (χ1n) is 6.39. The van der Waals surface area contributed by atoms with Crippen LogP contribution in [0.1, 0.15) is 19.5 Å². The molecule has 1 aromatic heterocycles. The largest absolute Gasteiger partial charge is 0.491 e. The molecule has 1 aromatic carbocycles. The molecule has 1 N–H and O–H groups in total. The summed E-state index contributed by atoms with van der Waals surface area (Å²) in [6.45, 7) is 5.98. The summed E-state index contributed by atoms with van der Waals surface area (Å²) in [5, 5.41) is 3.04. The second-order valence-corrected chi connectivity index (χ2v) is 4.66. The fourth-order valence-electron chi connectivity index (χ4n) is 1.78. The lowest BCUT2D eigenvalue weighted by Gasteiger charge is -2.10. The molecule has 4 heteroatoms. The lowest BCUT2D eigenvalue weighted by Crippen LogP contribution is -2.05. The molecule has 0 aliphatic rings. The number of benzene rings is 1. The molecule has 0 amide bonds. The van der Waals surface area contributed by atoms with Gasteiger partial charge in [0.25, 0.3) is 0 Å². The van der Waals surface area contributed by atoms with Crippen molar-refractivity contribution in [3.63, 3.8) is 0 Å². The zero-order chi connectivity index (χ0) is 13.8. The summed E-state index contributed by atoms with van der Waals surface area (Å²) >= 11 is 0. The van der Waals surface area contributed by atoms with Crippen LogP contribution in [0.5, 0.6) is 5.75 Å². The standard InChI is InChI=1S/C15H19N3O/c1-10(2)19-13-7-5-12(6-8-13)15-17-11(3)9-14(16-4)18-15/h5-10H,1-4H3,(H,16,17,18). The minimum Gasteiger partial charge on any atom is -0.491 e. The molecule has 0 aliphatic carbocycles. The third-order valence-electron chi connectivity index (χ3n) is 2.59. The van der Waals surface area contributed by atoms with Crippen molar-refractivity contribution in [2.24, 2.45) is 0 Å². The van der Waals surface area contributed by atoms with Crippen LogP contribution in [0.15, 0.2) is 30.3 Å². The van der Waals surface area contributed by atoms with Gasteiger partial charge in [0.1, 0.15) is 11.6 Å². The Hall–Kier alpha value is -2.10. The summed E-state index contributed by atoms with van der Waals surface area (Å²) in [5.74, 6) is 2.41. The second kappa shape index (κ2) is 5.69. The maximum Gasteiger partial charge on any atom is 0.161 e. The molecule has 4 nitrogen and oxygen atoms in total. The highest BCUT2D eigenvalue weighted by atomic mass is 16.5. The van der Waals surface area contributed by atoms with E-state index in [1.54, 1.807) is 0 Å². The van der Waals surface area contributed by atoms with E-state index in [-0.39, 0.29) is 6.10 Å². The van der Waals surface area contributed by atoms with Gasteiger partial charge in [-0.3, -0.25) is 0 Å². The third kappa shape index (κ3) is 3.44. The quantitative estimate of drug-likeness (QED) is 0.913. The molecule has 0 bridgehead atoms. The van der Waals surface area contributed by atoms with E-state index in [4.69, 9.17) is 4.74 Å². The molecule has 19 heavy (non-hydrogen) atoms. The van der Waals surface area contributed by atoms with Crippen LogP contribution < -0.4 is 10.1 Å². The summed E-state index contributed by atoms with van der Waals surface area (Å²) in [5.41, 5.74) is 1.92. The first-order chi connectivity index (χ1) is 9.08. The second-order valence-electron chi connectivity index (χ2n) is 4.66. The molecule has 0 aliphatic heterocycles. The van der Waals surface area contributed by atoms with Gasteiger partial charge in [0.15, 0.2) is 5.82 Å². The molecule has 2 rings (SSSR count). The molecule has 0 saturated carbocycles. The van der Waals surface area contributed by atoms with E-state index in [9.17, 15) is 0 Å². The Morgan fingerprint density at radius 2 is 1.79 bits per heavy atom. The lowest BCUT2D eigenvalue weighted by molar-refractivity contribution is 0.242. The Labute approximate surface area is 113 Å². The van der Waals surface area contributed by atoms with Crippen molar-refractivity contribution in [3.05, 3.63) is 36.0 Å². The normalized spacial score (nSPS) is 10.6. The molecule has 0 fully saturated rings. The van der Waals surface area contributed by atoms with Crippen molar-refractivity contribution < 1.29 is 4.74 Å². The molecule has 0 radical (unpaired) electrons. The predicted octanol–water partition coefficient (Wildman–Crippen LogP) is 3.28. The first-order valence-corrected chi connectivity index (χ1v) is 6.39. The fraction of sp³-hybridized carbons (Fsp3) is 0.333. The molecule has 1 heterocycles. The van der Waals surface area contributed by atoms with Gasteiger partial charge >= 0.3 is 0 Å². The summed E-state index contributed by atoms with van der Waals surface area (Å²) < 4.78 is 5.62. The van der Waals surface area contributed by atoms with Gasteiger partial charge in [-0.25, -0.2) is 9.97 Å². The molecule has 2 aromatic rings. The zero-order valence-electron chi connectivity index (χ0n) is 11.8. The third-order valence-corrected chi connectivity index (χ3v) is 2.59. The highest BCUT2D eigenvalue weighted by Crippen LogP contribution is 2.21. The van der Waals surface area contributed by atoms with E-state index in [0.29, 0.717) is 0 Å². The van der Waals surface area contributed by atoms with Gasteiger partial charge in [0.05, 0.1) is 6.10 Å². The highest BCUT2D eigenvalue weighted by Gasteiger charge is 2.05. The zero-order valence-corrected chi connectivity index (χ0v) is 11.8. The number of ether oxygens (including phenoxy) is 1. The number of rotatable bonds is 4. The van der Waals surface area contributed by atoms with Gasteiger partial charge in [-0.15, -0.1) is 0 Å². The monoisotopic (exact) mass is 257 g/mol. The van der Waals surface area contributed by atoms with E-state index in [1.165, 1.54) is 0 Å². The summed E-state index contributed by atoms with van der Waals surface area (Å²) in [4.78, 5) is 8.90. The SMILES string of the molecule is CNc1cc(C)nc(-c2ccc(OC(C)C)cc2)n1. The van der Waals surface area contributed by atoms with Crippen LogP contribution >= 0.6 is 0 Å². The predicted molar refractivity (Wildman–Crippen MR) is 77.5 cm³/mol. The van der Waals surface area contributed by atoms with Gasteiger partial charge in [-0.2, -0.15) is 0 Å². The molecule has 100 valence electrons. The number of hydrogen-bond acceptors (Lipinski definition) is 4. The lowest BCUT2D eigenvalue weighted by atomic mass is 10.2. The molecule has 0 spiro atoms. The summed E-state index contributed by atoms with van der Waals surface area (Å²) in [7, 11) is 1.85. The van der Waals surface area contributed by atoms with Crippen LogP contribution in [0.25, 0.3) is 11.4 Å². The molecule has 0 atom stereocenters. The average Bonchev–Trinajstić information content (AvgIpc) is 2.38. The maximum absolute atomic E-state index is 5.62. The minimum atomic E-state index is 0.178. The smallest absolute Gasteiger partial charge is 0.161 e. The average molecular weight is 257 g/mol. The van der Waals surface area contributed by atoms with Gasteiger partial charge in [0, 0.05) is 24.4 Å². The van der Waals surface area contributed by atoms with Crippen LogP contribution in [0.2, 0.25) is 0 Å². The van der Waals surface area contributed by atoms with E-state index in [0.717, 1.165) is 28.6 Å². The summed E-state index contributed by atoms with van der Waals surface area (Å²) in [6, 6.07) is 9.76. The van der Waals surface area contributed by atoms with Crippen LogP contribution in [-0.4, -0.2) is 23.1 Å². The number of hydrogen-bond donors (Lipinski definition) is 1. The van der Waals surface area contributed by atoms with Crippen molar-refractivity contribution in [2.45, 2.75) is 26.9 Å². The Bertz CT molecular complexity index is 550. The Morgan fingerprint density at radius 1 is 1.11 bits per heavy atom. The number of aromatic nitrogens is 2. The minimum absolute atomic E-state index is 0.178. The molecule has 0 unspecified atom stereocenters. The first kappa shape index (κ1) is 13.3. The topological polar surface area (TPSA) is 47.0 Å². The van der Waals surface area contributed by atoms with Crippen molar-refractivity contribution in [3.8, 4) is 17.1 Å². The fourth-order valence-corrected chi connectivity index (χ4v) is 1.78. The van der Waals surface area contributed by atoms with E-state index in [1.807, 2.05) is 58.2 Å². The van der Waals surface area contributed by atoms with Crippen molar-refractivity contribution in [1.82, 2.24) is 9.97 Å². The number of anilines is 1. The molecular weight excluding hydrogens is 238 g/mol. The Morgan fingerprint density at radius 3 is 2.37 bits per heavy atom. The number of nitrogens with one attached hydrogen (secondary N) is 1. The van der Waals surface area contributed by atoms with Crippen LogP contribution in [0, 0.1) is 6.92 Å². The van der Waals surface area contributed by atoms with Crippen molar-refractivity contribution in [2.75, 3.05) is 12.4 Å². The Kier molecular flexibility index (Phi) is 4.00. The Balaban J connectivity index is 2.29. The van der Waals surface area contributed by atoms with Gasteiger partial charge < -0.3 is 10.1 Å². The van der Waals surface area contributed by atoms with Crippen LogP contribution in [0.3, 0.4) is 0 Å². The molecular formula is C15H19N3O. The highest BCUT2D eigenvalue weighted by molar-refractivity contribution is 5.58. The van der Waals surface area contributed by atoms with Crippen LogP contribution in [-0.2, 0) is 0 Å². The van der Waals surface area contributed by atoms with Gasteiger partial charge in [0.2, 0.25) is 0 Å². The summed E-state index contributed by atoms with van der Waals surface area (Å²) in [6.07, 6.45) is 0.178. The van der Waals surface area contributed by atoms with Crippen LogP contribution in [0.4, 0.5) is 5.82 Å². The van der Waals surface area contributed by atoms with Gasteiger partial charge in [-0.1, -0.05) is 0 Å². The van der Waals surface area contributed by atoms with E-state index in [2.05, 4.69) is 15.3 Å². The van der Waals surface area contributed by atoms with E-state index < -0.39 is 0 Å². The number of nitrogens with zero attached hydrogens (tertiary/aromatic N) is 2. The maximum atomic E-state index is 5.62. The van der Waals surface area contributed by atoms with E-state index >= 15 is 0 Å². The van der Waals surface area contributed by atoms with Crippen molar-refractivity contribution >= 4 is 5.82 Å². The number of aryl methyl sites for hydroxylation is 1.